The van der Waals surface area contributed by atoms with Gasteiger partial charge in [-0.05, 0) is 38.5 Å². The fourth-order valence-electron chi connectivity index (χ4n) is 2.29. The molecule has 0 aliphatic heterocycles. The molecule has 0 aliphatic carbocycles. The summed E-state index contributed by atoms with van der Waals surface area (Å²) in [4.78, 5) is 26.9. The van der Waals surface area contributed by atoms with Crippen LogP contribution in [0.4, 0.5) is 18.9 Å². The van der Waals surface area contributed by atoms with E-state index in [1.54, 1.807) is 13.8 Å². The summed E-state index contributed by atoms with van der Waals surface area (Å²) >= 11 is 0. The SMILES string of the molecule is CCOC(=O)c1c(C)[nH]c(C(=O)Nc2ccc(F)c(F)c2F)c1C. The molecule has 1 aromatic carbocycles. The lowest BCUT2D eigenvalue weighted by atomic mass is 10.1. The number of nitrogens with one attached hydrogen (secondary N) is 2. The van der Waals surface area contributed by atoms with Gasteiger partial charge in [-0.3, -0.25) is 4.79 Å². The van der Waals surface area contributed by atoms with Crippen LogP contribution in [0.1, 0.15) is 39.0 Å². The number of hydrogen-bond donors (Lipinski definition) is 2. The Morgan fingerprint density at radius 2 is 1.83 bits per heavy atom. The van der Waals surface area contributed by atoms with E-state index in [1.807, 2.05) is 0 Å². The van der Waals surface area contributed by atoms with Crippen molar-refractivity contribution >= 4 is 17.6 Å². The van der Waals surface area contributed by atoms with Crippen molar-refractivity contribution in [1.82, 2.24) is 4.98 Å². The molecule has 0 atom stereocenters. The largest absolute Gasteiger partial charge is 0.462 e. The average Bonchev–Trinajstić information content (AvgIpc) is 2.83. The first-order chi connectivity index (χ1) is 11.3. The zero-order chi connectivity index (χ0) is 18.0. The number of benzene rings is 1. The van der Waals surface area contributed by atoms with Crippen LogP contribution in [-0.2, 0) is 4.74 Å². The Bertz CT molecular complexity index is 815. The molecule has 0 spiro atoms. The molecule has 128 valence electrons. The van der Waals surface area contributed by atoms with Crippen LogP contribution in [0.5, 0.6) is 0 Å². The molecule has 2 N–H and O–H groups in total. The first-order valence-corrected chi connectivity index (χ1v) is 7.09. The minimum absolute atomic E-state index is 0.000291. The molecule has 5 nitrogen and oxygen atoms in total. The number of rotatable bonds is 4. The molecule has 1 heterocycles. The lowest BCUT2D eigenvalue weighted by molar-refractivity contribution is 0.0525. The normalized spacial score (nSPS) is 10.6. The summed E-state index contributed by atoms with van der Waals surface area (Å²) in [7, 11) is 0. The van der Waals surface area contributed by atoms with Crippen molar-refractivity contribution in [1.29, 1.82) is 0 Å². The molecule has 1 aromatic heterocycles. The summed E-state index contributed by atoms with van der Waals surface area (Å²) in [6.07, 6.45) is 0. The van der Waals surface area contributed by atoms with Gasteiger partial charge in [0.25, 0.3) is 5.91 Å². The van der Waals surface area contributed by atoms with Crippen molar-refractivity contribution in [2.75, 3.05) is 11.9 Å². The van der Waals surface area contributed by atoms with Crippen molar-refractivity contribution < 1.29 is 27.5 Å². The average molecular weight is 340 g/mol. The second kappa shape index (κ2) is 6.77. The van der Waals surface area contributed by atoms with Crippen LogP contribution in [0.2, 0.25) is 0 Å². The van der Waals surface area contributed by atoms with E-state index < -0.39 is 35.0 Å². The van der Waals surface area contributed by atoms with E-state index in [2.05, 4.69) is 10.3 Å². The lowest BCUT2D eigenvalue weighted by Crippen LogP contribution is -2.16. The van der Waals surface area contributed by atoms with Crippen LogP contribution in [-0.4, -0.2) is 23.5 Å². The summed E-state index contributed by atoms with van der Waals surface area (Å²) in [5.74, 6) is -5.94. The number of carbonyl (C=O) groups is 2. The Kier molecular flexibility index (Phi) is 4.96. The Labute approximate surface area is 135 Å². The van der Waals surface area contributed by atoms with Crippen molar-refractivity contribution in [2.45, 2.75) is 20.8 Å². The molecule has 2 aromatic rings. The number of amides is 1. The van der Waals surface area contributed by atoms with Gasteiger partial charge in [0, 0.05) is 5.69 Å². The van der Waals surface area contributed by atoms with E-state index in [1.165, 1.54) is 6.92 Å². The van der Waals surface area contributed by atoms with Gasteiger partial charge in [0.05, 0.1) is 17.9 Å². The predicted molar refractivity (Wildman–Crippen MR) is 80.5 cm³/mol. The third kappa shape index (κ3) is 3.12. The zero-order valence-corrected chi connectivity index (χ0v) is 13.2. The molecule has 0 radical (unpaired) electrons. The molecule has 24 heavy (non-hydrogen) atoms. The summed E-state index contributed by atoms with van der Waals surface area (Å²) in [5, 5.41) is 2.14. The monoisotopic (exact) mass is 340 g/mol. The molecular formula is C16H15F3N2O3. The van der Waals surface area contributed by atoms with Crippen LogP contribution in [0.3, 0.4) is 0 Å². The predicted octanol–water partition coefficient (Wildman–Crippen LogP) is 3.48. The number of aryl methyl sites for hydroxylation is 1. The number of aromatic amines is 1. The van der Waals surface area contributed by atoms with Gasteiger partial charge in [0.1, 0.15) is 5.69 Å². The lowest BCUT2D eigenvalue weighted by Gasteiger charge is -2.07. The zero-order valence-electron chi connectivity index (χ0n) is 13.2. The summed E-state index contributed by atoms with van der Waals surface area (Å²) < 4.78 is 44.7. The maximum Gasteiger partial charge on any atom is 0.340 e. The van der Waals surface area contributed by atoms with Crippen molar-refractivity contribution in [3.8, 4) is 0 Å². The smallest absolute Gasteiger partial charge is 0.340 e. The van der Waals surface area contributed by atoms with Gasteiger partial charge < -0.3 is 15.0 Å². The Morgan fingerprint density at radius 1 is 1.17 bits per heavy atom. The molecule has 0 fully saturated rings. The molecular weight excluding hydrogens is 325 g/mol. The fraction of sp³-hybridized carbons (Fsp3) is 0.250. The van der Waals surface area contributed by atoms with E-state index in [4.69, 9.17) is 4.74 Å². The third-order valence-electron chi connectivity index (χ3n) is 3.43. The van der Waals surface area contributed by atoms with E-state index >= 15 is 0 Å². The summed E-state index contributed by atoms with van der Waals surface area (Å²) in [6, 6.07) is 1.61. The molecule has 2 rings (SSSR count). The molecule has 0 saturated carbocycles. The van der Waals surface area contributed by atoms with Crippen LogP contribution in [0, 0.1) is 31.3 Å². The highest BCUT2D eigenvalue weighted by molar-refractivity contribution is 6.06. The summed E-state index contributed by atoms with van der Waals surface area (Å²) in [6.45, 7) is 4.92. The fourth-order valence-corrected chi connectivity index (χ4v) is 2.29. The molecule has 0 unspecified atom stereocenters. The van der Waals surface area contributed by atoms with Crippen molar-refractivity contribution in [3.63, 3.8) is 0 Å². The highest BCUT2D eigenvalue weighted by Gasteiger charge is 2.24. The van der Waals surface area contributed by atoms with Crippen LogP contribution in [0.25, 0.3) is 0 Å². The maximum absolute atomic E-state index is 13.6. The number of anilines is 1. The number of H-pyrrole nitrogens is 1. The molecule has 0 bridgehead atoms. The van der Waals surface area contributed by atoms with E-state index in [0.717, 1.165) is 6.07 Å². The highest BCUT2D eigenvalue weighted by atomic mass is 19.2. The van der Waals surface area contributed by atoms with Gasteiger partial charge in [-0.15, -0.1) is 0 Å². The van der Waals surface area contributed by atoms with Gasteiger partial charge in [0.15, 0.2) is 17.5 Å². The van der Waals surface area contributed by atoms with E-state index in [0.29, 0.717) is 17.3 Å². The second-order valence-corrected chi connectivity index (χ2v) is 5.02. The number of ether oxygens (including phenoxy) is 1. The van der Waals surface area contributed by atoms with Crippen molar-refractivity contribution in [3.05, 3.63) is 52.1 Å². The molecule has 1 amide bonds. The highest BCUT2D eigenvalue weighted by Crippen LogP contribution is 2.23. The quantitative estimate of drug-likeness (QED) is 0.661. The number of hydrogen-bond acceptors (Lipinski definition) is 3. The second-order valence-electron chi connectivity index (χ2n) is 5.02. The standard InChI is InChI=1S/C16H15F3N2O3/c1-4-24-16(23)11-7(2)14(20-8(11)3)15(22)21-10-6-5-9(17)12(18)13(10)19/h5-6,20H,4H2,1-3H3,(H,21,22). The van der Waals surface area contributed by atoms with Crippen molar-refractivity contribution in [2.24, 2.45) is 0 Å². The van der Waals surface area contributed by atoms with E-state index in [-0.39, 0.29) is 17.9 Å². The van der Waals surface area contributed by atoms with Gasteiger partial charge in [-0.1, -0.05) is 0 Å². The Hall–Kier alpha value is -2.77. The van der Waals surface area contributed by atoms with Crippen LogP contribution >= 0.6 is 0 Å². The third-order valence-corrected chi connectivity index (χ3v) is 3.43. The number of halogens is 3. The minimum atomic E-state index is -1.68. The first kappa shape index (κ1) is 17.6. The van der Waals surface area contributed by atoms with Gasteiger partial charge in [-0.25, -0.2) is 18.0 Å². The molecule has 8 heteroatoms. The molecule has 0 saturated heterocycles. The van der Waals surface area contributed by atoms with Gasteiger partial charge >= 0.3 is 5.97 Å². The summed E-state index contributed by atoms with van der Waals surface area (Å²) in [5.41, 5.74) is 0.406. The van der Waals surface area contributed by atoms with Gasteiger partial charge in [-0.2, -0.15) is 0 Å². The number of esters is 1. The van der Waals surface area contributed by atoms with E-state index in [9.17, 15) is 22.8 Å². The number of aromatic nitrogens is 1. The maximum atomic E-state index is 13.6. The minimum Gasteiger partial charge on any atom is -0.462 e. The Morgan fingerprint density at radius 3 is 2.46 bits per heavy atom. The topological polar surface area (TPSA) is 71.2 Å². The molecule has 0 aliphatic rings. The number of carbonyl (C=O) groups excluding carboxylic acids is 2. The Balaban J connectivity index is 2.33. The van der Waals surface area contributed by atoms with Gasteiger partial charge in [0.2, 0.25) is 0 Å². The first-order valence-electron chi connectivity index (χ1n) is 7.09. The van der Waals surface area contributed by atoms with Crippen LogP contribution in [0.15, 0.2) is 12.1 Å². The van der Waals surface area contributed by atoms with Crippen LogP contribution < -0.4 is 5.32 Å².